The molecule has 0 saturated carbocycles. The molecule has 0 atom stereocenters. The highest BCUT2D eigenvalue weighted by Gasteiger charge is 2.21. The van der Waals surface area contributed by atoms with Crippen LogP contribution in [0.5, 0.6) is 0 Å². The largest absolute Gasteiger partial charge is 0.354 e. The van der Waals surface area contributed by atoms with Crippen molar-refractivity contribution >= 4 is 11.6 Å². The van der Waals surface area contributed by atoms with Crippen LogP contribution in [-0.4, -0.2) is 82.1 Å². The standard InChI is InChI=1S/C24H30N8/c1-5-25-6-2-21(1)18-29-9-13-31(14-10-29)23-17-24(28-20-27-23)32-15-11-30(12-16-32)19-22-3-7-26-8-4-22/h1-8,17,20H,9-16,18-19H2. The summed E-state index contributed by atoms with van der Waals surface area (Å²) in [4.78, 5) is 27.1. The van der Waals surface area contributed by atoms with Crippen LogP contribution in [0.25, 0.3) is 0 Å². The quantitative estimate of drug-likeness (QED) is 0.588. The molecular formula is C24H30N8. The Kier molecular flexibility index (Phi) is 6.50. The summed E-state index contributed by atoms with van der Waals surface area (Å²) in [6, 6.07) is 10.6. The van der Waals surface area contributed by atoms with Gasteiger partial charge in [0.05, 0.1) is 0 Å². The number of aromatic nitrogens is 4. The average molecular weight is 431 g/mol. The smallest absolute Gasteiger partial charge is 0.134 e. The number of nitrogens with zero attached hydrogens (tertiary/aromatic N) is 8. The van der Waals surface area contributed by atoms with Crippen molar-refractivity contribution in [2.24, 2.45) is 0 Å². The second-order valence-electron chi connectivity index (χ2n) is 8.47. The first-order chi connectivity index (χ1) is 15.8. The number of rotatable bonds is 6. The van der Waals surface area contributed by atoms with Crippen LogP contribution in [0.3, 0.4) is 0 Å². The van der Waals surface area contributed by atoms with E-state index in [4.69, 9.17) is 0 Å². The Morgan fingerprint density at radius 3 is 1.38 bits per heavy atom. The normalized spacial score (nSPS) is 18.1. The van der Waals surface area contributed by atoms with Crippen LogP contribution in [0.2, 0.25) is 0 Å². The van der Waals surface area contributed by atoms with Gasteiger partial charge in [0.1, 0.15) is 18.0 Å². The zero-order valence-electron chi connectivity index (χ0n) is 18.4. The first kappa shape index (κ1) is 20.8. The Morgan fingerprint density at radius 2 is 0.969 bits per heavy atom. The molecule has 166 valence electrons. The molecule has 0 bridgehead atoms. The topological polar surface area (TPSA) is 64.5 Å². The molecule has 2 aliphatic heterocycles. The minimum Gasteiger partial charge on any atom is -0.354 e. The minimum absolute atomic E-state index is 0.981. The van der Waals surface area contributed by atoms with Crippen molar-refractivity contribution < 1.29 is 0 Å². The lowest BCUT2D eigenvalue weighted by molar-refractivity contribution is 0.248. The minimum atomic E-state index is 0.981. The van der Waals surface area contributed by atoms with Gasteiger partial charge in [-0.25, -0.2) is 9.97 Å². The summed E-state index contributed by atoms with van der Waals surface area (Å²) in [5.74, 6) is 2.08. The summed E-state index contributed by atoms with van der Waals surface area (Å²) in [6.45, 7) is 10.1. The van der Waals surface area contributed by atoms with E-state index in [0.29, 0.717) is 0 Å². The molecule has 2 fully saturated rings. The Morgan fingerprint density at radius 1 is 0.562 bits per heavy atom. The van der Waals surface area contributed by atoms with Gasteiger partial charge >= 0.3 is 0 Å². The van der Waals surface area contributed by atoms with Crippen molar-refractivity contribution in [3.63, 3.8) is 0 Å². The lowest BCUT2D eigenvalue weighted by Gasteiger charge is -2.37. The highest BCUT2D eigenvalue weighted by Crippen LogP contribution is 2.21. The molecule has 8 heteroatoms. The molecule has 5 rings (SSSR count). The van der Waals surface area contributed by atoms with Gasteiger partial charge in [-0.3, -0.25) is 19.8 Å². The predicted molar refractivity (Wildman–Crippen MR) is 125 cm³/mol. The second kappa shape index (κ2) is 10.0. The van der Waals surface area contributed by atoms with Crippen LogP contribution < -0.4 is 9.80 Å². The lowest BCUT2D eigenvalue weighted by Crippen LogP contribution is -2.47. The SMILES string of the molecule is c1cc(CN2CCN(c3cc(N4CCN(Cc5ccncc5)CC4)ncn3)CC2)ccn1. The van der Waals surface area contributed by atoms with Crippen molar-refractivity contribution in [2.75, 3.05) is 62.2 Å². The number of pyridine rings is 2. The maximum Gasteiger partial charge on any atom is 0.134 e. The zero-order chi connectivity index (χ0) is 21.6. The number of anilines is 2. The van der Waals surface area contributed by atoms with Crippen LogP contribution in [0.15, 0.2) is 61.4 Å². The summed E-state index contributed by atoms with van der Waals surface area (Å²) in [5.41, 5.74) is 2.64. The fourth-order valence-corrected chi connectivity index (χ4v) is 4.45. The number of hydrogen-bond acceptors (Lipinski definition) is 8. The van der Waals surface area contributed by atoms with E-state index in [-0.39, 0.29) is 0 Å². The molecule has 8 nitrogen and oxygen atoms in total. The summed E-state index contributed by atoms with van der Waals surface area (Å²) in [7, 11) is 0. The molecule has 3 aromatic rings. The molecule has 3 aromatic heterocycles. The van der Waals surface area contributed by atoms with Crippen LogP contribution in [-0.2, 0) is 13.1 Å². The molecule has 0 aromatic carbocycles. The Bertz CT molecular complexity index is 891. The first-order valence-electron chi connectivity index (χ1n) is 11.4. The van der Waals surface area contributed by atoms with Crippen LogP contribution >= 0.6 is 0 Å². The maximum absolute atomic E-state index is 4.58. The molecule has 2 saturated heterocycles. The van der Waals surface area contributed by atoms with Crippen molar-refractivity contribution in [1.82, 2.24) is 29.7 Å². The monoisotopic (exact) mass is 430 g/mol. The predicted octanol–water partition coefficient (Wildman–Crippen LogP) is 1.91. The van der Waals surface area contributed by atoms with Gasteiger partial charge in [0.15, 0.2) is 0 Å². The van der Waals surface area contributed by atoms with E-state index in [9.17, 15) is 0 Å². The third-order valence-electron chi connectivity index (χ3n) is 6.34. The molecule has 0 amide bonds. The van der Waals surface area contributed by atoms with E-state index in [0.717, 1.165) is 77.1 Å². The molecule has 0 N–H and O–H groups in total. The summed E-state index contributed by atoms with van der Waals surface area (Å²) < 4.78 is 0. The van der Waals surface area contributed by atoms with E-state index < -0.39 is 0 Å². The van der Waals surface area contributed by atoms with Gasteiger partial charge in [-0.05, 0) is 35.4 Å². The molecule has 0 unspecified atom stereocenters. The maximum atomic E-state index is 4.58. The van der Waals surface area contributed by atoms with Gasteiger partial charge in [0, 0.05) is 96.3 Å². The van der Waals surface area contributed by atoms with Gasteiger partial charge in [-0.2, -0.15) is 0 Å². The van der Waals surface area contributed by atoms with Crippen molar-refractivity contribution in [3.05, 3.63) is 72.6 Å². The summed E-state index contributed by atoms with van der Waals surface area (Å²) in [6.07, 6.45) is 9.19. The van der Waals surface area contributed by atoms with Crippen molar-refractivity contribution in [2.45, 2.75) is 13.1 Å². The lowest BCUT2D eigenvalue weighted by atomic mass is 10.2. The Labute approximate surface area is 189 Å². The fourth-order valence-electron chi connectivity index (χ4n) is 4.45. The van der Waals surface area contributed by atoms with Gasteiger partial charge in [-0.15, -0.1) is 0 Å². The second-order valence-corrected chi connectivity index (χ2v) is 8.47. The van der Waals surface area contributed by atoms with Crippen LogP contribution in [0.1, 0.15) is 11.1 Å². The van der Waals surface area contributed by atoms with E-state index in [1.165, 1.54) is 11.1 Å². The summed E-state index contributed by atoms with van der Waals surface area (Å²) in [5, 5.41) is 0. The highest BCUT2D eigenvalue weighted by atomic mass is 15.3. The van der Waals surface area contributed by atoms with E-state index in [2.05, 4.69) is 69.9 Å². The first-order valence-corrected chi connectivity index (χ1v) is 11.4. The van der Waals surface area contributed by atoms with Gasteiger partial charge < -0.3 is 9.80 Å². The van der Waals surface area contributed by atoms with E-state index in [1.807, 2.05) is 24.8 Å². The third kappa shape index (κ3) is 5.20. The molecular weight excluding hydrogens is 400 g/mol. The molecule has 32 heavy (non-hydrogen) atoms. The van der Waals surface area contributed by atoms with Gasteiger partial charge in [0.2, 0.25) is 0 Å². The number of hydrogen-bond donors (Lipinski definition) is 0. The van der Waals surface area contributed by atoms with Gasteiger partial charge in [0.25, 0.3) is 0 Å². The molecule has 0 spiro atoms. The molecule has 5 heterocycles. The summed E-state index contributed by atoms with van der Waals surface area (Å²) >= 11 is 0. The Balaban J connectivity index is 1.13. The van der Waals surface area contributed by atoms with Crippen molar-refractivity contribution in [1.29, 1.82) is 0 Å². The van der Waals surface area contributed by atoms with E-state index in [1.54, 1.807) is 6.33 Å². The Hall–Kier alpha value is -3.10. The van der Waals surface area contributed by atoms with Crippen molar-refractivity contribution in [3.8, 4) is 0 Å². The highest BCUT2D eigenvalue weighted by molar-refractivity contribution is 5.50. The average Bonchev–Trinajstić information content (AvgIpc) is 2.86. The third-order valence-corrected chi connectivity index (χ3v) is 6.34. The molecule has 0 radical (unpaired) electrons. The van der Waals surface area contributed by atoms with Crippen LogP contribution in [0, 0.1) is 0 Å². The molecule has 0 aliphatic carbocycles. The van der Waals surface area contributed by atoms with E-state index >= 15 is 0 Å². The number of piperazine rings is 2. The fraction of sp³-hybridized carbons (Fsp3) is 0.417. The van der Waals surface area contributed by atoms with Crippen LogP contribution in [0.4, 0.5) is 11.6 Å². The zero-order valence-corrected chi connectivity index (χ0v) is 18.4. The van der Waals surface area contributed by atoms with Gasteiger partial charge in [-0.1, -0.05) is 0 Å². The molecule has 2 aliphatic rings.